The number of hydrogen-bond donors (Lipinski definition) is 9. The summed E-state index contributed by atoms with van der Waals surface area (Å²) in [6, 6.07) is -6.33. The van der Waals surface area contributed by atoms with Crippen molar-refractivity contribution in [1.29, 1.82) is 0 Å². The highest BCUT2D eigenvalue weighted by Gasteiger charge is 2.30. The van der Waals surface area contributed by atoms with Crippen LogP contribution in [0.3, 0.4) is 0 Å². The van der Waals surface area contributed by atoms with Gasteiger partial charge in [-0.15, -0.1) is 0 Å². The lowest BCUT2D eigenvalue weighted by atomic mass is 10.1. The largest absolute Gasteiger partial charge is 0.481 e. The molecule has 0 bridgehead atoms. The lowest BCUT2D eigenvalue weighted by Crippen LogP contribution is -2.58. The van der Waals surface area contributed by atoms with Crippen LogP contribution in [-0.4, -0.2) is 93.4 Å². The monoisotopic (exact) mass is 435 g/mol. The van der Waals surface area contributed by atoms with Crippen LogP contribution < -0.4 is 27.4 Å². The first kappa shape index (κ1) is 26.7. The number of rotatable bonds is 14. The highest BCUT2D eigenvalue weighted by molar-refractivity contribution is 5.94. The Morgan fingerprint density at radius 2 is 1.27 bits per heavy atom. The predicted octanol–water partition coefficient (Wildman–Crippen LogP) is -5.42. The van der Waals surface area contributed by atoms with Gasteiger partial charge in [-0.25, -0.2) is 4.79 Å². The van der Waals surface area contributed by atoms with Crippen LogP contribution in [0.15, 0.2) is 0 Å². The maximum Gasteiger partial charge on any atom is 0.326 e. The fraction of sp³-hybridized carbons (Fsp3) is 0.600. The van der Waals surface area contributed by atoms with E-state index in [9.17, 15) is 33.9 Å². The van der Waals surface area contributed by atoms with E-state index in [1.54, 1.807) is 0 Å². The zero-order valence-corrected chi connectivity index (χ0v) is 15.7. The van der Waals surface area contributed by atoms with Crippen LogP contribution in [0.1, 0.15) is 19.3 Å². The number of carboxylic acids is 2. The van der Waals surface area contributed by atoms with E-state index in [2.05, 4.69) is 5.32 Å². The second-order valence-electron chi connectivity index (χ2n) is 6.10. The number of nitrogens with one attached hydrogen (secondary N) is 3. The van der Waals surface area contributed by atoms with E-state index in [-0.39, 0.29) is 12.8 Å². The molecule has 0 heterocycles. The zero-order valence-electron chi connectivity index (χ0n) is 15.7. The molecule has 0 aromatic heterocycles. The number of hydrogen-bond acceptors (Lipinski definition) is 9. The molecule has 4 unspecified atom stereocenters. The Labute approximate surface area is 169 Å². The van der Waals surface area contributed by atoms with Crippen LogP contribution >= 0.6 is 0 Å². The minimum atomic E-state index is -1.83. The average molecular weight is 435 g/mol. The van der Waals surface area contributed by atoms with Gasteiger partial charge in [0, 0.05) is 6.42 Å². The number of aliphatic carboxylic acids is 2. The molecule has 15 heteroatoms. The smallest absolute Gasteiger partial charge is 0.326 e. The zero-order chi connectivity index (χ0) is 23.4. The van der Waals surface area contributed by atoms with Crippen molar-refractivity contribution in [2.24, 2.45) is 11.5 Å². The summed E-state index contributed by atoms with van der Waals surface area (Å²) in [5.74, 6) is -7.16. The van der Waals surface area contributed by atoms with Gasteiger partial charge in [-0.3, -0.25) is 24.0 Å². The predicted molar refractivity (Wildman–Crippen MR) is 96.3 cm³/mol. The first-order chi connectivity index (χ1) is 13.9. The molecule has 170 valence electrons. The molecule has 0 saturated heterocycles. The molecule has 0 aromatic rings. The molecule has 0 rings (SSSR count). The Hall–Kier alpha value is -3.30. The van der Waals surface area contributed by atoms with Crippen LogP contribution in [0, 0.1) is 0 Å². The Kier molecular flexibility index (Phi) is 11.6. The minimum absolute atomic E-state index is 0.304. The SMILES string of the molecule is NC(=O)CCC(NC(=O)C(N)CO)C(=O)NC(CO)C(=O)NC(CC(=O)O)C(=O)O. The van der Waals surface area contributed by atoms with Gasteiger partial charge in [0.15, 0.2) is 0 Å². The maximum absolute atomic E-state index is 12.4. The molecule has 0 aliphatic heterocycles. The summed E-state index contributed by atoms with van der Waals surface area (Å²) in [6.07, 6.45) is -1.60. The van der Waals surface area contributed by atoms with Gasteiger partial charge < -0.3 is 47.8 Å². The number of carbonyl (C=O) groups is 6. The molecule has 4 atom stereocenters. The first-order valence-electron chi connectivity index (χ1n) is 8.54. The fourth-order valence-corrected chi connectivity index (χ4v) is 2.03. The second-order valence-corrected chi connectivity index (χ2v) is 6.10. The van der Waals surface area contributed by atoms with Crippen LogP contribution in [0.4, 0.5) is 0 Å². The lowest BCUT2D eigenvalue weighted by molar-refractivity contribution is -0.147. The van der Waals surface area contributed by atoms with Crippen molar-refractivity contribution in [3.05, 3.63) is 0 Å². The van der Waals surface area contributed by atoms with Gasteiger partial charge in [-0.05, 0) is 6.42 Å². The average Bonchev–Trinajstić information content (AvgIpc) is 2.66. The van der Waals surface area contributed by atoms with Gasteiger partial charge in [0.25, 0.3) is 0 Å². The summed E-state index contributed by atoms with van der Waals surface area (Å²) in [5.41, 5.74) is 10.3. The molecule has 0 aliphatic rings. The minimum Gasteiger partial charge on any atom is -0.481 e. The molecule has 0 aromatic carbocycles. The van der Waals surface area contributed by atoms with Crippen molar-refractivity contribution in [3.8, 4) is 0 Å². The number of aliphatic hydroxyl groups is 2. The van der Waals surface area contributed by atoms with E-state index in [0.717, 1.165) is 0 Å². The van der Waals surface area contributed by atoms with Crippen LogP contribution in [0.2, 0.25) is 0 Å². The van der Waals surface area contributed by atoms with Crippen molar-refractivity contribution < 1.29 is 49.2 Å². The van der Waals surface area contributed by atoms with E-state index in [1.807, 2.05) is 10.6 Å². The Morgan fingerprint density at radius 1 is 0.767 bits per heavy atom. The summed E-state index contributed by atoms with van der Waals surface area (Å²) in [6.45, 7) is -1.73. The second kappa shape index (κ2) is 13.0. The van der Waals surface area contributed by atoms with E-state index < -0.39 is 79.4 Å². The van der Waals surface area contributed by atoms with Crippen molar-refractivity contribution in [2.75, 3.05) is 13.2 Å². The normalized spacial score (nSPS) is 14.5. The van der Waals surface area contributed by atoms with Gasteiger partial charge in [-0.1, -0.05) is 0 Å². The van der Waals surface area contributed by atoms with Gasteiger partial charge in [0.2, 0.25) is 23.6 Å². The van der Waals surface area contributed by atoms with E-state index in [0.29, 0.717) is 0 Å². The quantitative estimate of drug-likeness (QED) is 0.124. The molecular weight excluding hydrogens is 410 g/mol. The number of nitrogens with two attached hydrogens (primary N) is 2. The highest BCUT2D eigenvalue weighted by atomic mass is 16.4. The maximum atomic E-state index is 12.4. The number of amides is 4. The molecular formula is C15H25N5O10. The fourth-order valence-electron chi connectivity index (χ4n) is 2.03. The molecule has 4 amide bonds. The van der Waals surface area contributed by atoms with Gasteiger partial charge in [0.1, 0.15) is 24.2 Å². The Morgan fingerprint density at radius 3 is 1.70 bits per heavy atom. The molecule has 15 nitrogen and oxygen atoms in total. The number of carboxylic acid groups (broad SMARTS) is 2. The molecule has 0 aliphatic carbocycles. The summed E-state index contributed by atoms with van der Waals surface area (Å²) < 4.78 is 0. The standard InChI is InChI=1S/C15H25N5O10/c16-6(4-21)12(26)18-7(1-2-10(17)23)13(27)20-9(5-22)14(28)19-8(15(29)30)3-11(24)25/h6-9,21-22H,1-5,16H2,(H2,17,23)(H,18,26)(H,19,28)(H,20,27)(H,24,25)(H,29,30). The van der Waals surface area contributed by atoms with Gasteiger partial charge in [-0.2, -0.15) is 0 Å². The molecule has 30 heavy (non-hydrogen) atoms. The van der Waals surface area contributed by atoms with Gasteiger partial charge in [0.05, 0.1) is 19.6 Å². The number of aliphatic hydroxyl groups excluding tert-OH is 2. The first-order valence-corrected chi connectivity index (χ1v) is 8.54. The third-order valence-corrected chi connectivity index (χ3v) is 3.65. The molecule has 0 fully saturated rings. The molecule has 0 saturated carbocycles. The van der Waals surface area contributed by atoms with E-state index in [1.165, 1.54) is 0 Å². The van der Waals surface area contributed by atoms with Crippen LogP contribution in [0.5, 0.6) is 0 Å². The summed E-state index contributed by atoms with van der Waals surface area (Å²) >= 11 is 0. The van der Waals surface area contributed by atoms with Crippen molar-refractivity contribution in [2.45, 2.75) is 43.4 Å². The summed E-state index contributed by atoms with van der Waals surface area (Å²) in [7, 11) is 0. The molecule has 0 radical (unpaired) electrons. The van der Waals surface area contributed by atoms with Crippen LogP contribution in [-0.2, 0) is 28.8 Å². The lowest BCUT2D eigenvalue weighted by Gasteiger charge is -2.23. The third-order valence-electron chi connectivity index (χ3n) is 3.65. The molecule has 11 N–H and O–H groups in total. The highest BCUT2D eigenvalue weighted by Crippen LogP contribution is 2.01. The number of carbonyl (C=O) groups excluding carboxylic acids is 4. The molecule has 0 spiro atoms. The van der Waals surface area contributed by atoms with E-state index >= 15 is 0 Å². The van der Waals surface area contributed by atoms with Crippen molar-refractivity contribution >= 4 is 35.6 Å². The van der Waals surface area contributed by atoms with Crippen LogP contribution in [0.25, 0.3) is 0 Å². The Bertz CT molecular complexity index is 670. The summed E-state index contributed by atoms with van der Waals surface area (Å²) in [4.78, 5) is 69.0. The van der Waals surface area contributed by atoms with Crippen molar-refractivity contribution in [1.82, 2.24) is 16.0 Å². The van der Waals surface area contributed by atoms with E-state index in [4.69, 9.17) is 26.8 Å². The van der Waals surface area contributed by atoms with Gasteiger partial charge >= 0.3 is 11.9 Å². The third kappa shape index (κ3) is 9.76. The summed E-state index contributed by atoms with van der Waals surface area (Å²) in [5, 5.41) is 41.9. The topological polar surface area (TPSA) is 271 Å². The van der Waals surface area contributed by atoms with Crippen molar-refractivity contribution in [3.63, 3.8) is 0 Å². The number of primary amides is 1. The Balaban J connectivity index is 5.26.